The highest BCUT2D eigenvalue weighted by molar-refractivity contribution is 5.07. The second kappa shape index (κ2) is 6.62. The Morgan fingerprint density at radius 3 is 3.00 bits per heavy atom. The molecule has 1 aromatic rings. The van der Waals surface area contributed by atoms with Crippen LogP contribution >= 0.6 is 0 Å². The van der Waals surface area contributed by atoms with Crippen molar-refractivity contribution in [3.63, 3.8) is 0 Å². The highest BCUT2D eigenvalue weighted by Gasteiger charge is 1.98. The van der Waals surface area contributed by atoms with E-state index >= 15 is 0 Å². The van der Waals surface area contributed by atoms with Crippen LogP contribution in [0.3, 0.4) is 0 Å². The van der Waals surface area contributed by atoms with Gasteiger partial charge >= 0.3 is 0 Å². The van der Waals surface area contributed by atoms with Gasteiger partial charge in [0.1, 0.15) is 0 Å². The number of aromatic nitrogens is 1. The fraction of sp³-hybridized carbons (Fsp3) is 0.636. The smallest absolute Gasteiger partial charge is 0.0645 e. The van der Waals surface area contributed by atoms with E-state index in [0.29, 0.717) is 6.54 Å². The minimum absolute atomic E-state index is 0.708. The van der Waals surface area contributed by atoms with E-state index in [4.69, 9.17) is 10.5 Å². The van der Waals surface area contributed by atoms with Gasteiger partial charge in [-0.3, -0.25) is 0 Å². The maximum Gasteiger partial charge on any atom is 0.0645 e. The monoisotopic (exact) mass is 196 g/mol. The molecule has 0 radical (unpaired) electrons. The largest absolute Gasteiger partial charge is 0.380 e. The first kappa shape index (κ1) is 11.3. The van der Waals surface area contributed by atoms with Gasteiger partial charge in [0.25, 0.3) is 0 Å². The van der Waals surface area contributed by atoms with Gasteiger partial charge in [-0.25, -0.2) is 0 Å². The zero-order valence-corrected chi connectivity index (χ0v) is 8.91. The van der Waals surface area contributed by atoms with E-state index in [1.165, 1.54) is 5.69 Å². The lowest BCUT2D eigenvalue weighted by atomic mass is 10.3. The summed E-state index contributed by atoms with van der Waals surface area (Å²) in [5, 5.41) is 0. The van der Waals surface area contributed by atoms with Gasteiger partial charge < -0.3 is 15.0 Å². The lowest BCUT2D eigenvalue weighted by molar-refractivity contribution is 0.126. The van der Waals surface area contributed by atoms with Crippen LogP contribution in [0, 0.1) is 0 Å². The first-order valence-electron chi connectivity index (χ1n) is 5.30. The lowest BCUT2D eigenvalue weighted by Crippen LogP contribution is -2.11. The van der Waals surface area contributed by atoms with E-state index in [9.17, 15) is 0 Å². The molecule has 1 aromatic heterocycles. The summed E-state index contributed by atoms with van der Waals surface area (Å²) in [6.07, 6.45) is 4.11. The van der Waals surface area contributed by atoms with Gasteiger partial charge in [-0.05, 0) is 31.5 Å². The lowest BCUT2D eigenvalue weighted by Gasteiger charge is -2.08. The first-order valence-corrected chi connectivity index (χ1v) is 5.30. The van der Waals surface area contributed by atoms with E-state index < -0.39 is 0 Å². The summed E-state index contributed by atoms with van der Waals surface area (Å²) in [7, 11) is 0. The Balaban J connectivity index is 2.30. The van der Waals surface area contributed by atoms with E-state index in [0.717, 1.165) is 32.6 Å². The number of hydrogen-bond acceptors (Lipinski definition) is 2. The van der Waals surface area contributed by atoms with E-state index in [2.05, 4.69) is 29.8 Å². The number of nitrogens with two attached hydrogens (primary N) is 1. The van der Waals surface area contributed by atoms with Crippen LogP contribution in [0.15, 0.2) is 18.3 Å². The van der Waals surface area contributed by atoms with Crippen LogP contribution in [0.4, 0.5) is 0 Å². The van der Waals surface area contributed by atoms with Gasteiger partial charge in [-0.2, -0.15) is 0 Å². The molecule has 0 atom stereocenters. The SMILES string of the molecule is CCCOCCn1cccc1CCN. The normalized spacial score (nSPS) is 10.7. The molecule has 3 heteroatoms. The molecule has 0 aliphatic rings. The predicted octanol–water partition coefficient (Wildman–Crippen LogP) is 1.42. The molecule has 2 N–H and O–H groups in total. The van der Waals surface area contributed by atoms with Crippen LogP contribution in [0.2, 0.25) is 0 Å². The Hall–Kier alpha value is -0.800. The molecular weight excluding hydrogens is 176 g/mol. The predicted molar refractivity (Wildman–Crippen MR) is 58.3 cm³/mol. The number of nitrogens with zero attached hydrogens (tertiary/aromatic N) is 1. The van der Waals surface area contributed by atoms with Crippen molar-refractivity contribution in [2.45, 2.75) is 26.3 Å². The number of rotatable bonds is 7. The van der Waals surface area contributed by atoms with Crippen LogP contribution in [0.1, 0.15) is 19.0 Å². The average Bonchev–Trinajstić information content (AvgIpc) is 2.61. The Morgan fingerprint density at radius 1 is 1.43 bits per heavy atom. The third-order valence-corrected chi connectivity index (χ3v) is 2.15. The minimum atomic E-state index is 0.708. The molecule has 0 aromatic carbocycles. The van der Waals surface area contributed by atoms with Gasteiger partial charge in [-0.1, -0.05) is 6.92 Å². The van der Waals surface area contributed by atoms with Gasteiger partial charge in [-0.15, -0.1) is 0 Å². The quantitative estimate of drug-likeness (QED) is 0.670. The van der Waals surface area contributed by atoms with Crippen LogP contribution in [0.25, 0.3) is 0 Å². The summed E-state index contributed by atoms with van der Waals surface area (Å²) in [5.74, 6) is 0. The van der Waals surface area contributed by atoms with Gasteiger partial charge in [0, 0.05) is 25.0 Å². The maximum atomic E-state index is 5.52. The summed E-state index contributed by atoms with van der Waals surface area (Å²) in [4.78, 5) is 0. The Kier molecular flexibility index (Phi) is 5.33. The average molecular weight is 196 g/mol. The molecular formula is C11H20N2O. The van der Waals surface area contributed by atoms with Crippen molar-refractivity contribution in [2.75, 3.05) is 19.8 Å². The molecule has 3 nitrogen and oxygen atoms in total. The van der Waals surface area contributed by atoms with Gasteiger partial charge in [0.05, 0.1) is 6.61 Å². The van der Waals surface area contributed by atoms with E-state index in [1.807, 2.05) is 0 Å². The molecule has 0 bridgehead atoms. The third kappa shape index (κ3) is 3.52. The van der Waals surface area contributed by atoms with Crippen LogP contribution in [0.5, 0.6) is 0 Å². The van der Waals surface area contributed by atoms with Crippen LogP contribution in [-0.4, -0.2) is 24.3 Å². The second-order valence-corrected chi connectivity index (χ2v) is 3.34. The molecule has 14 heavy (non-hydrogen) atoms. The summed E-state index contributed by atoms with van der Waals surface area (Å²) in [6.45, 7) is 5.41. The van der Waals surface area contributed by atoms with E-state index in [1.54, 1.807) is 0 Å². The zero-order chi connectivity index (χ0) is 10.2. The van der Waals surface area contributed by atoms with Crippen molar-refractivity contribution >= 4 is 0 Å². The molecule has 0 amide bonds. The highest BCUT2D eigenvalue weighted by atomic mass is 16.5. The molecule has 0 saturated heterocycles. The molecule has 1 rings (SSSR count). The van der Waals surface area contributed by atoms with Crippen LogP contribution < -0.4 is 5.73 Å². The van der Waals surface area contributed by atoms with Crippen molar-refractivity contribution in [1.29, 1.82) is 0 Å². The summed E-state index contributed by atoms with van der Waals surface area (Å²) >= 11 is 0. The molecule has 1 heterocycles. The molecule has 80 valence electrons. The molecule has 0 spiro atoms. The van der Waals surface area contributed by atoms with Crippen molar-refractivity contribution in [1.82, 2.24) is 4.57 Å². The van der Waals surface area contributed by atoms with Gasteiger partial charge in [0.2, 0.25) is 0 Å². The topological polar surface area (TPSA) is 40.2 Å². The molecule has 0 unspecified atom stereocenters. The summed E-state index contributed by atoms with van der Waals surface area (Å²) in [6, 6.07) is 4.18. The van der Waals surface area contributed by atoms with Crippen molar-refractivity contribution in [3.05, 3.63) is 24.0 Å². The number of ether oxygens (including phenoxy) is 1. The zero-order valence-electron chi connectivity index (χ0n) is 8.91. The fourth-order valence-corrected chi connectivity index (χ4v) is 1.45. The second-order valence-electron chi connectivity index (χ2n) is 3.34. The first-order chi connectivity index (χ1) is 6.88. The summed E-state index contributed by atoms with van der Waals surface area (Å²) in [5.41, 5.74) is 6.82. The third-order valence-electron chi connectivity index (χ3n) is 2.15. The minimum Gasteiger partial charge on any atom is -0.380 e. The Morgan fingerprint density at radius 2 is 2.29 bits per heavy atom. The van der Waals surface area contributed by atoms with Crippen LogP contribution in [-0.2, 0) is 17.7 Å². The van der Waals surface area contributed by atoms with Crippen molar-refractivity contribution < 1.29 is 4.74 Å². The molecule has 0 aliphatic heterocycles. The molecule has 0 saturated carbocycles. The highest BCUT2D eigenvalue weighted by Crippen LogP contribution is 2.02. The Bertz CT molecular complexity index is 245. The standard InChI is InChI=1S/C11H20N2O/c1-2-9-14-10-8-13-7-3-4-11(13)5-6-12/h3-4,7H,2,5-6,8-10,12H2,1H3. The van der Waals surface area contributed by atoms with E-state index in [-0.39, 0.29) is 0 Å². The van der Waals surface area contributed by atoms with Crippen molar-refractivity contribution in [2.24, 2.45) is 5.73 Å². The fourth-order valence-electron chi connectivity index (χ4n) is 1.45. The molecule has 0 fully saturated rings. The number of hydrogen-bond donors (Lipinski definition) is 1. The van der Waals surface area contributed by atoms with Crippen molar-refractivity contribution in [3.8, 4) is 0 Å². The summed E-state index contributed by atoms with van der Waals surface area (Å²) < 4.78 is 7.65. The maximum absolute atomic E-state index is 5.52. The Labute approximate surface area is 85.9 Å². The molecule has 0 aliphatic carbocycles. The van der Waals surface area contributed by atoms with Gasteiger partial charge in [0.15, 0.2) is 0 Å².